The lowest BCUT2D eigenvalue weighted by Gasteiger charge is -2.07. The largest absolute Gasteiger partial charge is 0.379 e. The summed E-state index contributed by atoms with van der Waals surface area (Å²) < 4.78 is 29.5. The molecule has 0 spiro atoms. The lowest BCUT2D eigenvalue weighted by Crippen LogP contribution is -2.27. The van der Waals surface area contributed by atoms with E-state index in [1.54, 1.807) is 30.3 Å². The summed E-state index contributed by atoms with van der Waals surface area (Å²) in [5.41, 5.74) is 0.712. The van der Waals surface area contributed by atoms with Gasteiger partial charge in [0.15, 0.2) is 5.17 Å². The number of nitrogens with one attached hydrogen (secondary N) is 1. The maximum Gasteiger partial charge on any atom is 0.339 e. The Kier molecular flexibility index (Phi) is 6.15. The minimum atomic E-state index is -3.87. The molecule has 9 heteroatoms. The third-order valence-electron chi connectivity index (χ3n) is 3.81. The zero-order valence-corrected chi connectivity index (χ0v) is 16.9. The van der Waals surface area contributed by atoms with Crippen molar-refractivity contribution in [3.63, 3.8) is 0 Å². The highest BCUT2D eigenvalue weighted by Gasteiger charge is 2.32. The van der Waals surface area contributed by atoms with Crippen LogP contribution in [0.3, 0.4) is 0 Å². The monoisotopic (exact) mass is 417 g/mol. The highest BCUT2D eigenvalue weighted by atomic mass is 32.2. The number of thioether (sulfide) groups is 1. The fourth-order valence-corrected chi connectivity index (χ4v) is 4.27. The average molecular weight is 418 g/mol. The number of amidine groups is 1. The number of carbonyl (C=O) groups excluding carboxylic acids is 1. The van der Waals surface area contributed by atoms with Crippen molar-refractivity contribution in [3.05, 3.63) is 60.2 Å². The summed E-state index contributed by atoms with van der Waals surface area (Å²) >= 11 is 1.36. The zero-order chi connectivity index (χ0) is 20.1. The molecule has 1 saturated heterocycles. The van der Waals surface area contributed by atoms with E-state index in [2.05, 4.69) is 15.5 Å². The van der Waals surface area contributed by atoms with Crippen molar-refractivity contribution in [1.29, 1.82) is 0 Å². The smallest absolute Gasteiger partial charge is 0.339 e. The van der Waals surface area contributed by atoms with Crippen LogP contribution in [0.25, 0.3) is 0 Å². The van der Waals surface area contributed by atoms with Crippen LogP contribution in [-0.2, 0) is 14.9 Å². The lowest BCUT2D eigenvalue weighted by molar-refractivity contribution is -0.119. The Morgan fingerprint density at radius 2 is 1.79 bits per heavy atom. The van der Waals surface area contributed by atoms with Crippen molar-refractivity contribution in [2.45, 2.75) is 24.0 Å². The summed E-state index contributed by atoms with van der Waals surface area (Å²) in [4.78, 5) is 11.9. The first-order valence-electron chi connectivity index (χ1n) is 8.53. The van der Waals surface area contributed by atoms with Gasteiger partial charge >= 0.3 is 10.1 Å². The van der Waals surface area contributed by atoms with Crippen molar-refractivity contribution in [2.75, 3.05) is 0 Å². The van der Waals surface area contributed by atoms with E-state index in [1.807, 2.05) is 13.8 Å². The molecule has 0 aromatic heterocycles. The molecule has 1 atom stereocenters. The molecule has 146 valence electrons. The predicted octanol–water partition coefficient (Wildman–Crippen LogP) is 3.03. The second-order valence-electron chi connectivity index (χ2n) is 6.34. The first-order valence-corrected chi connectivity index (χ1v) is 10.8. The number of rotatable bonds is 6. The Bertz CT molecular complexity index is 1000. The number of nitrogens with zero attached hydrogens (tertiary/aromatic N) is 2. The predicted molar refractivity (Wildman–Crippen MR) is 110 cm³/mol. The fraction of sp³-hybridized carbons (Fsp3) is 0.211. The van der Waals surface area contributed by atoms with E-state index in [1.165, 1.54) is 42.2 Å². The van der Waals surface area contributed by atoms with E-state index < -0.39 is 10.1 Å². The summed E-state index contributed by atoms with van der Waals surface area (Å²) in [6, 6.07) is 14.3. The van der Waals surface area contributed by atoms with Crippen LogP contribution in [0, 0.1) is 5.92 Å². The van der Waals surface area contributed by atoms with Crippen LogP contribution < -0.4 is 9.50 Å². The van der Waals surface area contributed by atoms with Crippen LogP contribution in [0.1, 0.15) is 19.4 Å². The summed E-state index contributed by atoms with van der Waals surface area (Å²) in [5, 5.41) is 11.0. The van der Waals surface area contributed by atoms with Crippen molar-refractivity contribution >= 4 is 39.2 Å². The Morgan fingerprint density at radius 1 is 1.11 bits per heavy atom. The van der Waals surface area contributed by atoms with Gasteiger partial charge in [-0.05, 0) is 47.9 Å². The maximum absolute atomic E-state index is 12.2. The van der Waals surface area contributed by atoms with Crippen LogP contribution in [0.2, 0.25) is 0 Å². The summed E-state index contributed by atoms with van der Waals surface area (Å²) in [5.74, 6) is 0.349. The van der Waals surface area contributed by atoms with Gasteiger partial charge < -0.3 is 9.50 Å². The number of hydrogen-bond acceptors (Lipinski definition) is 7. The number of hydrogen-bond donors (Lipinski definition) is 1. The van der Waals surface area contributed by atoms with Gasteiger partial charge in [0.1, 0.15) is 10.6 Å². The van der Waals surface area contributed by atoms with Gasteiger partial charge in [0, 0.05) is 0 Å². The molecule has 7 nitrogen and oxygen atoms in total. The molecule has 3 rings (SSSR count). The molecule has 1 N–H and O–H groups in total. The molecular formula is C19H19N3O4S2. The number of carbonyl (C=O) groups is 1. The second-order valence-corrected chi connectivity index (χ2v) is 9.02. The van der Waals surface area contributed by atoms with E-state index >= 15 is 0 Å². The molecule has 0 bridgehead atoms. The zero-order valence-electron chi connectivity index (χ0n) is 15.3. The molecule has 28 heavy (non-hydrogen) atoms. The van der Waals surface area contributed by atoms with Crippen molar-refractivity contribution < 1.29 is 17.4 Å². The fourth-order valence-electron chi connectivity index (χ4n) is 2.39. The number of benzene rings is 2. The Hall–Kier alpha value is -2.65. The molecule has 0 aliphatic carbocycles. The minimum absolute atomic E-state index is 0.0601. The van der Waals surface area contributed by atoms with Crippen LogP contribution in [0.4, 0.5) is 0 Å². The van der Waals surface area contributed by atoms with Crippen LogP contribution in [0.15, 0.2) is 69.7 Å². The highest BCUT2D eigenvalue weighted by Crippen LogP contribution is 2.25. The maximum atomic E-state index is 12.2. The van der Waals surface area contributed by atoms with Gasteiger partial charge in [0.25, 0.3) is 0 Å². The third kappa shape index (κ3) is 4.99. The molecule has 1 aliphatic rings. The van der Waals surface area contributed by atoms with E-state index in [9.17, 15) is 13.2 Å². The van der Waals surface area contributed by atoms with Crippen molar-refractivity contribution in [2.24, 2.45) is 16.1 Å². The van der Waals surface area contributed by atoms with E-state index in [4.69, 9.17) is 4.18 Å². The van der Waals surface area contributed by atoms with Crippen LogP contribution in [0.5, 0.6) is 5.75 Å². The van der Waals surface area contributed by atoms with Gasteiger partial charge in [0.05, 0.1) is 11.5 Å². The van der Waals surface area contributed by atoms with Gasteiger partial charge in [0.2, 0.25) is 5.91 Å². The Labute approximate surface area is 168 Å². The normalized spacial score (nSPS) is 18.8. The van der Waals surface area contributed by atoms with E-state index in [0.29, 0.717) is 10.7 Å². The van der Waals surface area contributed by atoms with Crippen LogP contribution >= 0.6 is 11.8 Å². The molecule has 1 fully saturated rings. The van der Waals surface area contributed by atoms with Crippen molar-refractivity contribution in [1.82, 2.24) is 5.32 Å². The summed E-state index contributed by atoms with van der Waals surface area (Å²) in [6.45, 7) is 3.95. The molecule has 1 aliphatic heterocycles. The van der Waals surface area contributed by atoms with Gasteiger partial charge in [-0.25, -0.2) is 0 Å². The summed E-state index contributed by atoms with van der Waals surface area (Å²) in [7, 11) is -3.87. The van der Waals surface area contributed by atoms with Crippen molar-refractivity contribution in [3.8, 4) is 5.75 Å². The summed E-state index contributed by atoms with van der Waals surface area (Å²) in [6.07, 6.45) is 1.51. The van der Waals surface area contributed by atoms with Gasteiger partial charge in [-0.3, -0.25) is 4.79 Å². The molecule has 1 amide bonds. The minimum Gasteiger partial charge on any atom is -0.379 e. The van der Waals surface area contributed by atoms with E-state index in [0.717, 1.165) is 0 Å². The van der Waals surface area contributed by atoms with E-state index in [-0.39, 0.29) is 27.7 Å². The van der Waals surface area contributed by atoms with Gasteiger partial charge in [-0.2, -0.15) is 13.5 Å². The Morgan fingerprint density at radius 3 is 2.39 bits per heavy atom. The molecular weight excluding hydrogens is 398 g/mol. The molecule has 2 aromatic carbocycles. The SMILES string of the molecule is CC(C)[C@@H]1S/C(=N/N=C\c2ccc(OS(=O)(=O)c3ccccc3)cc2)NC1=O. The second kappa shape index (κ2) is 8.57. The molecule has 0 saturated carbocycles. The van der Waals surface area contributed by atoms with Crippen LogP contribution in [-0.4, -0.2) is 31.0 Å². The highest BCUT2D eigenvalue weighted by molar-refractivity contribution is 8.15. The first-order chi connectivity index (χ1) is 13.3. The average Bonchev–Trinajstić information content (AvgIpc) is 3.04. The molecule has 1 heterocycles. The van der Waals surface area contributed by atoms with Gasteiger partial charge in [-0.15, -0.1) is 5.10 Å². The topological polar surface area (TPSA) is 97.2 Å². The first kappa shape index (κ1) is 20.1. The lowest BCUT2D eigenvalue weighted by atomic mass is 10.1. The molecule has 2 aromatic rings. The Balaban J connectivity index is 1.63. The third-order valence-corrected chi connectivity index (χ3v) is 6.49. The molecule has 0 unspecified atom stereocenters. The standard InChI is InChI=1S/C19H19N3O4S2/c1-13(2)17-18(23)21-19(27-17)22-20-12-14-8-10-15(11-9-14)26-28(24,25)16-6-4-3-5-7-16/h3-13,17H,1-2H3,(H,21,22,23)/b20-12-/t17-/m0/s1. The molecule has 0 radical (unpaired) electrons. The van der Waals surface area contributed by atoms with Gasteiger partial charge in [-0.1, -0.05) is 43.8 Å². The quantitative estimate of drug-likeness (QED) is 0.443. The number of amides is 1.